The van der Waals surface area contributed by atoms with E-state index >= 15 is 0 Å². The van der Waals surface area contributed by atoms with Crippen LogP contribution in [0.4, 0.5) is 5.69 Å². The minimum Gasteiger partial charge on any atom is -0.490 e. The highest BCUT2D eigenvalue weighted by molar-refractivity contribution is 6.09. The van der Waals surface area contributed by atoms with Crippen molar-refractivity contribution in [3.05, 3.63) is 53.6 Å². The summed E-state index contributed by atoms with van der Waals surface area (Å²) in [5.41, 5.74) is 1.40. The van der Waals surface area contributed by atoms with Crippen LogP contribution >= 0.6 is 0 Å². The average molecular weight is 355 g/mol. The first kappa shape index (κ1) is 19.5. The summed E-state index contributed by atoms with van der Waals surface area (Å²) in [5, 5.41) is 2.79. The summed E-state index contributed by atoms with van der Waals surface area (Å²) in [5.74, 6) is 1.11. The Bertz CT molecular complexity index is 783. The Kier molecular flexibility index (Phi) is 6.78. The highest BCUT2D eigenvalue weighted by Crippen LogP contribution is 2.29. The second-order valence-electron chi connectivity index (χ2n) is 6.36. The highest BCUT2D eigenvalue weighted by atomic mass is 16.5. The van der Waals surface area contributed by atoms with Crippen molar-refractivity contribution in [3.63, 3.8) is 0 Å². The van der Waals surface area contributed by atoms with E-state index in [2.05, 4.69) is 19.2 Å². The van der Waals surface area contributed by atoms with E-state index in [-0.39, 0.29) is 11.7 Å². The molecule has 138 valence electrons. The van der Waals surface area contributed by atoms with Crippen LogP contribution < -0.4 is 14.8 Å². The van der Waals surface area contributed by atoms with Crippen molar-refractivity contribution < 1.29 is 19.1 Å². The van der Waals surface area contributed by atoms with Crippen molar-refractivity contribution in [1.29, 1.82) is 0 Å². The number of ketones is 1. The first-order chi connectivity index (χ1) is 12.4. The Morgan fingerprint density at radius 2 is 1.77 bits per heavy atom. The summed E-state index contributed by atoms with van der Waals surface area (Å²) in [4.78, 5) is 24.3. The molecule has 0 atom stereocenters. The summed E-state index contributed by atoms with van der Waals surface area (Å²) in [6.45, 7) is 8.51. The predicted octanol–water partition coefficient (Wildman–Crippen LogP) is 4.58. The van der Waals surface area contributed by atoms with Gasteiger partial charge in [0.2, 0.25) is 0 Å². The number of amides is 1. The van der Waals surface area contributed by atoms with Gasteiger partial charge in [-0.05, 0) is 50.1 Å². The molecule has 0 radical (unpaired) electrons. The van der Waals surface area contributed by atoms with Gasteiger partial charge in [0.1, 0.15) is 0 Å². The molecule has 5 heteroatoms. The van der Waals surface area contributed by atoms with E-state index in [4.69, 9.17) is 9.47 Å². The SMILES string of the molecule is CCOc1cc(C(=O)Nc2ccccc2C(C)=O)ccc1OCC(C)C. The second-order valence-corrected chi connectivity index (χ2v) is 6.36. The highest BCUT2D eigenvalue weighted by Gasteiger charge is 2.14. The molecule has 0 bridgehead atoms. The van der Waals surface area contributed by atoms with Gasteiger partial charge in [0.05, 0.1) is 18.9 Å². The van der Waals surface area contributed by atoms with Gasteiger partial charge in [0.25, 0.3) is 5.91 Å². The van der Waals surface area contributed by atoms with E-state index in [1.54, 1.807) is 42.5 Å². The average Bonchev–Trinajstić information content (AvgIpc) is 2.61. The fraction of sp³-hybridized carbons (Fsp3) is 0.333. The van der Waals surface area contributed by atoms with E-state index in [0.29, 0.717) is 47.4 Å². The van der Waals surface area contributed by atoms with Crippen molar-refractivity contribution in [2.24, 2.45) is 5.92 Å². The second kappa shape index (κ2) is 9.04. The summed E-state index contributed by atoms with van der Waals surface area (Å²) < 4.78 is 11.4. The lowest BCUT2D eigenvalue weighted by atomic mass is 10.1. The van der Waals surface area contributed by atoms with Crippen molar-refractivity contribution in [1.82, 2.24) is 0 Å². The third-order valence-corrected chi connectivity index (χ3v) is 3.63. The number of hydrogen-bond acceptors (Lipinski definition) is 4. The van der Waals surface area contributed by atoms with Crippen LogP contribution in [0.3, 0.4) is 0 Å². The third kappa shape index (κ3) is 5.09. The van der Waals surface area contributed by atoms with E-state index in [9.17, 15) is 9.59 Å². The molecule has 0 aliphatic rings. The Hall–Kier alpha value is -2.82. The molecule has 0 heterocycles. The van der Waals surface area contributed by atoms with Crippen LogP contribution in [0.5, 0.6) is 11.5 Å². The van der Waals surface area contributed by atoms with Crippen LogP contribution in [-0.2, 0) is 0 Å². The Labute approximate surface area is 154 Å². The third-order valence-electron chi connectivity index (χ3n) is 3.63. The number of ether oxygens (including phenoxy) is 2. The molecule has 0 saturated carbocycles. The van der Waals surface area contributed by atoms with Crippen LogP contribution in [-0.4, -0.2) is 24.9 Å². The smallest absolute Gasteiger partial charge is 0.255 e. The number of hydrogen-bond donors (Lipinski definition) is 1. The first-order valence-electron chi connectivity index (χ1n) is 8.73. The van der Waals surface area contributed by atoms with Crippen LogP contribution in [0.1, 0.15) is 48.4 Å². The molecule has 0 aromatic heterocycles. The van der Waals surface area contributed by atoms with Gasteiger partial charge in [-0.2, -0.15) is 0 Å². The monoisotopic (exact) mass is 355 g/mol. The van der Waals surface area contributed by atoms with Crippen LogP contribution in [0.25, 0.3) is 0 Å². The molecule has 5 nitrogen and oxygen atoms in total. The number of rotatable bonds is 8. The van der Waals surface area contributed by atoms with E-state index in [1.165, 1.54) is 6.92 Å². The van der Waals surface area contributed by atoms with Crippen molar-refractivity contribution in [2.75, 3.05) is 18.5 Å². The van der Waals surface area contributed by atoms with Gasteiger partial charge < -0.3 is 14.8 Å². The van der Waals surface area contributed by atoms with Crippen molar-refractivity contribution in [2.45, 2.75) is 27.7 Å². The molecule has 0 saturated heterocycles. The Balaban J connectivity index is 2.23. The zero-order chi connectivity index (χ0) is 19.1. The summed E-state index contributed by atoms with van der Waals surface area (Å²) in [6, 6.07) is 12.0. The van der Waals surface area contributed by atoms with Crippen molar-refractivity contribution >= 4 is 17.4 Å². The number of para-hydroxylation sites is 1. The Morgan fingerprint density at radius 3 is 2.42 bits per heavy atom. The molecule has 1 amide bonds. The van der Waals surface area contributed by atoms with Crippen LogP contribution in [0.2, 0.25) is 0 Å². The van der Waals surface area contributed by atoms with Crippen LogP contribution in [0, 0.1) is 5.92 Å². The molecule has 0 aliphatic carbocycles. The lowest BCUT2D eigenvalue weighted by Gasteiger charge is -2.15. The van der Waals surface area contributed by atoms with Crippen molar-refractivity contribution in [3.8, 4) is 11.5 Å². The maximum atomic E-state index is 12.6. The molecule has 26 heavy (non-hydrogen) atoms. The molecule has 2 rings (SSSR count). The number of carbonyl (C=O) groups excluding carboxylic acids is 2. The zero-order valence-corrected chi connectivity index (χ0v) is 15.7. The molecular weight excluding hydrogens is 330 g/mol. The minimum absolute atomic E-state index is 0.103. The Morgan fingerprint density at radius 1 is 1.04 bits per heavy atom. The first-order valence-corrected chi connectivity index (χ1v) is 8.73. The molecule has 0 spiro atoms. The van der Waals surface area contributed by atoms with Gasteiger partial charge >= 0.3 is 0 Å². The predicted molar refractivity (Wildman–Crippen MR) is 102 cm³/mol. The lowest BCUT2D eigenvalue weighted by Crippen LogP contribution is -2.15. The van der Waals surface area contributed by atoms with Gasteiger partial charge in [0.15, 0.2) is 17.3 Å². The normalized spacial score (nSPS) is 10.5. The number of benzene rings is 2. The number of Topliss-reactive ketones (excluding diaryl/α,β-unsaturated/α-hetero) is 1. The van der Waals surface area contributed by atoms with E-state index in [0.717, 1.165) is 0 Å². The molecule has 0 fully saturated rings. The minimum atomic E-state index is -0.310. The number of carbonyl (C=O) groups is 2. The van der Waals surface area contributed by atoms with Gasteiger partial charge in [-0.25, -0.2) is 0 Å². The molecule has 0 aliphatic heterocycles. The topological polar surface area (TPSA) is 64.6 Å². The summed E-state index contributed by atoms with van der Waals surface area (Å²) in [6.07, 6.45) is 0. The summed E-state index contributed by atoms with van der Waals surface area (Å²) in [7, 11) is 0. The maximum absolute atomic E-state index is 12.6. The number of anilines is 1. The van der Waals surface area contributed by atoms with Gasteiger partial charge in [-0.15, -0.1) is 0 Å². The van der Waals surface area contributed by atoms with Gasteiger partial charge in [-0.3, -0.25) is 9.59 Å². The molecule has 2 aromatic carbocycles. The van der Waals surface area contributed by atoms with E-state index < -0.39 is 0 Å². The molecule has 1 N–H and O–H groups in total. The van der Waals surface area contributed by atoms with E-state index in [1.807, 2.05) is 6.92 Å². The fourth-order valence-electron chi connectivity index (χ4n) is 2.39. The molecule has 2 aromatic rings. The molecular formula is C21H25NO4. The quantitative estimate of drug-likeness (QED) is 0.704. The van der Waals surface area contributed by atoms with Gasteiger partial charge in [0, 0.05) is 11.1 Å². The maximum Gasteiger partial charge on any atom is 0.255 e. The standard InChI is InChI=1S/C21H25NO4/c1-5-25-20-12-16(10-11-19(20)26-13-14(2)3)21(24)22-18-9-7-6-8-17(18)15(4)23/h6-12,14H,5,13H2,1-4H3,(H,22,24). The fourth-order valence-corrected chi connectivity index (χ4v) is 2.39. The lowest BCUT2D eigenvalue weighted by molar-refractivity contribution is 0.101. The zero-order valence-electron chi connectivity index (χ0n) is 15.7. The van der Waals surface area contributed by atoms with Crippen LogP contribution in [0.15, 0.2) is 42.5 Å². The molecule has 0 unspecified atom stereocenters. The summed E-state index contributed by atoms with van der Waals surface area (Å²) >= 11 is 0. The number of nitrogens with one attached hydrogen (secondary N) is 1. The van der Waals surface area contributed by atoms with Gasteiger partial charge in [-0.1, -0.05) is 26.0 Å². The largest absolute Gasteiger partial charge is 0.490 e.